The molecule has 3 aromatic heterocycles. The molecule has 1 amide bonds. The molecule has 1 aliphatic rings. The number of nitrogens with one attached hydrogen (secondary N) is 1. The van der Waals surface area contributed by atoms with Crippen molar-refractivity contribution in [1.29, 1.82) is 0 Å². The second-order valence-electron chi connectivity index (χ2n) is 6.87. The Morgan fingerprint density at radius 2 is 2.21 bits per heavy atom. The smallest absolute Gasteiger partial charge is 0.222 e. The Bertz CT molecular complexity index is 1030. The summed E-state index contributed by atoms with van der Waals surface area (Å²) < 4.78 is 13.2. The highest BCUT2D eigenvalue weighted by Crippen LogP contribution is 2.33. The van der Waals surface area contributed by atoms with Gasteiger partial charge in [-0.15, -0.1) is 11.8 Å². The van der Waals surface area contributed by atoms with E-state index in [1.54, 1.807) is 18.0 Å². The van der Waals surface area contributed by atoms with Crippen molar-refractivity contribution in [2.45, 2.75) is 11.9 Å². The highest BCUT2D eigenvalue weighted by molar-refractivity contribution is 7.98. The van der Waals surface area contributed by atoms with Crippen LogP contribution in [-0.4, -0.2) is 46.5 Å². The molecule has 1 fully saturated rings. The standard InChI is InChI=1S/C20H22N4O3S/c1-12(25)22-19-6-15-16(8-24(2)18(15)7-21-19)17-4-14(5-20(23-17)28-3)27-11-13-9-26-10-13/h4-8,13H,9-11H2,1-3H3,(H,21,22,25). The summed E-state index contributed by atoms with van der Waals surface area (Å²) in [5.41, 5.74) is 2.77. The summed E-state index contributed by atoms with van der Waals surface area (Å²) in [6.07, 6.45) is 5.79. The molecule has 146 valence electrons. The number of aryl methyl sites for hydroxylation is 1. The molecule has 1 aliphatic heterocycles. The maximum absolute atomic E-state index is 11.4. The minimum atomic E-state index is -0.150. The van der Waals surface area contributed by atoms with Crippen molar-refractivity contribution in [3.05, 3.63) is 30.6 Å². The first-order valence-corrected chi connectivity index (χ1v) is 10.3. The van der Waals surface area contributed by atoms with Crippen LogP contribution in [0.3, 0.4) is 0 Å². The van der Waals surface area contributed by atoms with E-state index in [0.29, 0.717) is 18.3 Å². The molecule has 0 radical (unpaired) electrons. The molecule has 0 spiro atoms. The molecule has 28 heavy (non-hydrogen) atoms. The van der Waals surface area contributed by atoms with Gasteiger partial charge in [0.2, 0.25) is 5.91 Å². The number of nitrogens with zero attached hydrogens (tertiary/aromatic N) is 3. The zero-order chi connectivity index (χ0) is 19.7. The van der Waals surface area contributed by atoms with Gasteiger partial charge in [0.15, 0.2) is 0 Å². The second-order valence-corrected chi connectivity index (χ2v) is 7.69. The number of ether oxygens (including phenoxy) is 2. The van der Waals surface area contributed by atoms with Crippen molar-refractivity contribution in [3.63, 3.8) is 0 Å². The Hall–Kier alpha value is -2.58. The van der Waals surface area contributed by atoms with Crippen LogP contribution < -0.4 is 10.1 Å². The number of fused-ring (bicyclic) bond motifs is 1. The predicted octanol–water partition coefficient (Wildman–Crippen LogP) is 3.34. The van der Waals surface area contributed by atoms with E-state index in [1.165, 1.54) is 6.92 Å². The molecule has 0 bridgehead atoms. The molecule has 4 heterocycles. The van der Waals surface area contributed by atoms with Gasteiger partial charge < -0.3 is 19.4 Å². The molecule has 0 saturated carbocycles. The number of thioether (sulfide) groups is 1. The van der Waals surface area contributed by atoms with E-state index in [0.717, 1.165) is 46.1 Å². The van der Waals surface area contributed by atoms with Gasteiger partial charge in [0.25, 0.3) is 0 Å². The number of carbonyl (C=O) groups excluding carboxylic acids is 1. The molecule has 8 heteroatoms. The van der Waals surface area contributed by atoms with E-state index in [1.807, 2.05) is 42.3 Å². The number of pyridine rings is 2. The minimum Gasteiger partial charge on any atom is -0.493 e. The van der Waals surface area contributed by atoms with Gasteiger partial charge in [-0.3, -0.25) is 4.79 Å². The largest absolute Gasteiger partial charge is 0.493 e. The Morgan fingerprint density at radius 1 is 1.39 bits per heavy atom. The normalized spacial score (nSPS) is 14.1. The number of aromatic nitrogens is 3. The van der Waals surface area contributed by atoms with E-state index >= 15 is 0 Å². The molecule has 0 aromatic carbocycles. The summed E-state index contributed by atoms with van der Waals surface area (Å²) in [4.78, 5) is 20.5. The first kappa shape index (κ1) is 18.8. The quantitative estimate of drug-likeness (QED) is 0.642. The highest BCUT2D eigenvalue weighted by atomic mass is 32.2. The molecule has 0 unspecified atom stereocenters. The first-order valence-electron chi connectivity index (χ1n) is 9.03. The van der Waals surface area contributed by atoms with E-state index in [-0.39, 0.29) is 5.91 Å². The predicted molar refractivity (Wildman–Crippen MR) is 110 cm³/mol. The summed E-state index contributed by atoms with van der Waals surface area (Å²) in [6.45, 7) is 3.63. The molecule has 4 rings (SSSR count). The molecule has 0 aliphatic carbocycles. The van der Waals surface area contributed by atoms with Crippen LogP contribution in [-0.2, 0) is 16.6 Å². The maximum atomic E-state index is 11.4. The topological polar surface area (TPSA) is 78.3 Å². The van der Waals surface area contributed by atoms with Crippen molar-refractivity contribution in [1.82, 2.24) is 14.5 Å². The number of hydrogen-bond acceptors (Lipinski definition) is 6. The fraction of sp³-hybridized carbons (Fsp3) is 0.350. The van der Waals surface area contributed by atoms with Crippen LogP contribution in [0.2, 0.25) is 0 Å². The lowest BCUT2D eigenvalue weighted by Crippen LogP contribution is -2.32. The lowest BCUT2D eigenvalue weighted by molar-refractivity contribution is -0.114. The third kappa shape index (κ3) is 3.83. The van der Waals surface area contributed by atoms with Crippen LogP contribution in [0.4, 0.5) is 5.82 Å². The van der Waals surface area contributed by atoms with Gasteiger partial charge in [-0.25, -0.2) is 9.97 Å². The van der Waals surface area contributed by atoms with Gasteiger partial charge in [-0.1, -0.05) is 0 Å². The molecular weight excluding hydrogens is 376 g/mol. The van der Waals surface area contributed by atoms with Gasteiger partial charge >= 0.3 is 0 Å². The van der Waals surface area contributed by atoms with E-state index in [9.17, 15) is 4.79 Å². The third-order valence-corrected chi connectivity index (χ3v) is 5.26. The third-order valence-electron chi connectivity index (χ3n) is 4.63. The Labute approximate surface area is 167 Å². The average Bonchev–Trinajstić information content (AvgIpc) is 2.96. The number of amides is 1. The van der Waals surface area contributed by atoms with Gasteiger partial charge in [0.1, 0.15) is 16.6 Å². The molecule has 1 N–H and O–H groups in total. The highest BCUT2D eigenvalue weighted by Gasteiger charge is 2.20. The molecule has 7 nitrogen and oxygen atoms in total. The van der Waals surface area contributed by atoms with Crippen LogP contribution in [0.5, 0.6) is 5.75 Å². The van der Waals surface area contributed by atoms with Gasteiger partial charge in [0.05, 0.1) is 37.2 Å². The summed E-state index contributed by atoms with van der Waals surface area (Å²) in [5.74, 6) is 1.63. The van der Waals surface area contributed by atoms with Crippen molar-refractivity contribution in [2.75, 3.05) is 31.4 Å². The van der Waals surface area contributed by atoms with Crippen molar-refractivity contribution in [2.24, 2.45) is 13.0 Å². The monoisotopic (exact) mass is 398 g/mol. The van der Waals surface area contributed by atoms with Crippen LogP contribution >= 0.6 is 11.8 Å². The number of hydrogen-bond donors (Lipinski definition) is 1. The second kappa shape index (κ2) is 7.81. The summed E-state index contributed by atoms with van der Waals surface area (Å²) in [5, 5.41) is 4.62. The fourth-order valence-electron chi connectivity index (χ4n) is 3.13. The SMILES string of the molecule is CSc1cc(OCC2COC2)cc(-c2cn(C)c3cnc(NC(C)=O)cc23)n1. The average molecular weight is 398 g/mol. The summed E-state index contributed by atoms with van der Waals surface area (Å²) >= 11 is 1.58. The first-order chi connectivity index (χ1) is 13.5. The van der Waals surface area contributed by atoms with Gasteiger partial charge in [0, 0.05) is 49.2 Å². The van der Waals surface area contributed by atoms with Crippen LogP contribution in [0, 0.1) is 5.92 Å². The van der Waals surface area contributed by atoms with E-state index in [2.05, 4.69) is 10.3 Å². The Morgan fingerprint density at radius 3 is 2.89 bits per heavy atom. The van der Waals surface area contributed by atoms with Crippen LogP contribution in [0.25, 0.3) is 22.2 Å². The van der Waals surface area contributed by atoms with Crippen molar-refractivity contribution in [3.8, 4) is 17.0 Å². The van der Waals surface area contributed by atoms with Crippen LogP contribution in [0.1, 0.15) is 6.92 Å². The summed E-state index contributed by atoms with van der Waals surface area (Å²) in [7, 11) is 1.97. The lowest BCUT2D eigenvalue weighted by atomic mass is 10.1. The van der Waals surface area contributed by atoms with Gasteiger partial charge in [-0.2, -0.15) is 0 Å². The zero-order valence-corrected chi connectivity index (χ0v) is 16.9. The molecule has 3 aromatic rings. The van der Waals surface area contributed by atoms with E-state index in [4.69, 9.17) is 14.5 Å². The number of rotatable bonds is 6. The van der Waals surface area contributed by atoms with Crippen molar-refractivity contribution < 1.29 is 14.3 Å². The Kier molecular flexibility index (Phi) is 5.23. The number of anilines is 1. The zero-order valence-electron chi connectivity index (χ0n) is 16.1. The Balaban J connectivity index is 1.74. The molecular formula is C20H22N4O3S. The molecule has 1 saturated heterocycles. The lowest BCUT2D eigenvalue weighted by Gasteiger charge is -2.25. The van der Waals surface area contributed by atoms with Crippen molar-refractivity contribution >= 4 is 34.4 Å². The van der Waals surface area contributed by atoms with Gasteiger partial charge in [-0.05, 0) is 12.3 Å². The number of carbonyl (C=O) groups is 1. The van der Waals surface area contributed by atoms with E-state index < -0.39 is 0 Å². The van der Waals surface area contributed by atoms with Crippen LogP contribution in [0.15, 0.2) is 35.6 Å². The fourth-order valence-corrected chi connectivity index (χ4v) is 3.56. The molecule has 0 atom stereocenters. The maximum Gasteiger partial charge on any atom is 0.222 e. The minimum absolute atomic E-state index is 0.150. The summed E-state index contributed by atoms with van der Waals surface area (Å²) in [6, 6.07) is 5.81.